The Kier molecular flexibility index (Phi) is 8.21. The summed E-state index contributed by atoms with van der Waals surface area (Å²) in [5.74, 6) is -0.673. The molecule has 0 fully saturated rings. The van der Waals surface area contributed by atoms with Crippen molar-refractivity contribution in [3.05, 3.63) is 54.3 Å². The molecule has 32 heavy (non-hydrogen) atoms. The molecule has 1 N–H and O–H groups in total. The summed E-state index contributed by atoms with van der Waals surface area (Å²) in [5, 5.41) is 2.59. The van der Waals surface area contributed by atoms with Gasteiger partial charge in [0, 0.05) is 14.1 Å². The maximum Gasteiger partial charge on any atom is 0.243 e. The van der Waals surface area contributed by atoms with Gasteiger partial charge in [-0.05, 0) is 55.5 Å². The highest BCUT2D eigenvalue weighted by molar-refractivity contribution is 7.92. The molecule has 0 saturated heterocycles. The minimum Gasteiger partial charge on any atom is -0.492 e. The summed E-state index contributed by atoms with van der Waals surface area (Å²) in [4.78, 5) is 12.6. The lowest BCUT2D eigenvalue weighted by Crippen LogP contribution is -2.48. The van der Waals surface area contributed by atoms with E-state index in [1.165, 1.54) is 57.4 Å². The zero-order valence-corrected chi connectivity index (χ0v) is 19.8. The van der Waals surface area contributed by atoms with E-state index < -0.39 is 37.8 Å². The van der Waals surface area contributed by atoms with Crippen LogP contribution in [0.3, 0.4) is 0 Å². The first kappa shape index (κ1) is 25.6. The van der Waals surface area contributed by atoms with Gasteiger partial charge in [-0.3, -0.25) is 9.10 Å². The summed E-state index contributed by atoms with van der Waals surface area (Å²) in [7, 11) is -4.47. The molecule has 2 aromatic rings. The van der Waals surface area contributed by atoms with Crippen LogP contribution in [0.4, 0.5) is 10.1 Å². The molecule has 0 aliphatic heterocycles. The van der Waals surface area contributed by atoms with E-state index in [1.807, 2.05) is 0 Å². The number of amides is 1. The molecule has 2 aromatic carbocycles. The Bertz CT molecular complexity index is 1130. The number of rotatable bonds is 10. The number of carbonyl (C=O) groups excluding carboxylic acids is 1. The third-order valence-electron chi connectivity index (χ3n) is 4.44. The lowest BCUT2D eigenvalue weighted by atomic mass is 10.2. The van der Waals surface area contributed by atoms with E-state index in [1.54, 1.807) is 0 Å². The minimum atomic E-state index is -3.80. The van der Waals surface area contributed by atoms with Crippen LogP contribution in [-0.4, -0.2) is 66.6 Å². The summed E-state index contributed by atoms with van der Waals surface area (Å²) >= 11 is 0. The lowest BCUT2D eigenvalue weighted by Gasteiger charge is -2.28. The molecule has 0 aliphatic rings. The maximum atomic E-state index is 13.2. The third kappa shape index (κ3) is 6.40. The molecule has 2 rings (SSSR count). The maximum absolute atomic E-state index is 13.2. The van der Waals surface area contributed by atoms with Gasteiger partial charge >= 0.3 is 0 Å². The Morgan fingerprint density at radius 3 is 2.09 bits per heavy atom. The normalized spacial score (nSPS) is 12.9. The van der Waals surface area contributed by atoms with Crippen LogP contribution >= 0.6 is 0 Å². The van der Waals surface area contributed by atoms with Crippen molar-refractivity contribution in [2.45, 2.75) is 17.9 Å². The average molecular weight is 488 g/mol. The molecule has 0 heterocycles. The summed E-state index contributed by atoms with van der Waals surface area (Å²) in [6.07, 6.45) is 0.962. The van der Waals surface area contributed by atoms with Gasteiger partial charge in [0.2, 0.25) is 26.0 Å². The third-order valence-corrected chi connectivity index (χ3v) is 7.51. The van der Waals surface area contributed by atoms with E-state index in [2.05, 4.69) is 5.32 Å². The van der Waals surface area contributed by atoms with Crippen molar-refractivity contribution in [1.82, 2.24) is 9.62 Å². The van der Waals surface area contributed by atoms with Crippen LogP contribution in [0, 0.1) is 5.82 Å². The van der Waals surface area contributed by atoms with Crippen LogP contribution in [0.5, 0.6) is 5.75 Å². The molecule has 0 radical (unpaired) electrons. The lowest BCUT2D eigenvalue weighted by molar-refractivity contribution is -0.121. The van der Waals surface area contributed by atoms with E-state index >= 15 is 0 Å². The summed E-state index contributed by atoms with van der Waals surface area (Å²) < 4.78 is 69.2. The zero-order chi connectivity index (χ0) is 24.1. The van der Waals surface area contributed by atoms with Gasteiger partial charge in [0.25, 0.3) is 0 Å². The van der Waals surface area contributed by atoms with Gasteiger partial charge in [-0.2, -0.15) is 0 Å². The predicted molar refractivity (Wildman–Crippen MR) is 119 cm³/mol. The highest BCUT2D eigenvalue weighted by Gasteiger charge is 2.29. The Morgan fingerprint density at radius 1 is 1.03 bits per heavy atom. The van der Waals surface area contributed by atoms with Crippen LogP contribution in [0.25, 0.3) is 0 Å². The zero-order valence-electron chi connectivity index (χ0n) is 18.1. The van der Waals surface area contributed by atoms with E-state index in [9.17, 15) is 26.0 Å². The number of benzene rings is 2. The monoisotopic (exact) mass is 487 g/mol. The number of carbonyl (C=O) groups is 1. The first-order valence-corrected chi connectivity index (χ1v) is 12.8. The second kappa shape index (κ2) is 10.3. The van der Waals surface area contributed by atoms with Gasteiger partial charge in [0.1, 0.15) is 24.2 Å². The Labute approximate surface area is 187 Å². The molecule has 0 bridgehead atoms. The molecule has 12 heteroatoms. The second-order valence-electron chi connectivity index (χ2n) is 7.11. The van der Waals surface area contributed by atoms with Crippen molar-refractivity contribution in [3.8, 4) is 5.75 Å². The van der Waals surface area contributed by atoms with Gasteiger partial charge in [-0.15, -0.1) is 0 Å². The summed E-state index contributed by atoms with van der Waals surface area (Å²) in [6.45, 7) is 1.58. The Morgan fingerprint density at radius 2 is 1.59 bits per heavy atom. The van der Waals surface area contributed by atoms with Gasteiger partial charge in [-0.25, -0.2) is 25.5 Å². The quantitative estimate of drug-likeness (QED) is 0.507. The predicted octanol–water partition coefficient (Wildman–Crippen LogP) is 1.43. The van der Waals surface area contributed by atoms with Crippen LogP contribution in [0.2, 0.25) is 0 Å². The molecular weight excluding hydrogens is 461 g/mol. The number of sulfonamides is 2. The van der Waals surface area contributed by atoms with E-state index in [0.717, 1.165) is 27.0 Å². The topological polar surface area (TPSA) is 113 Å². The molecule has 0 spiro atoms. The first-order valence-electron chi connectivity index (χ1n) is 9.52. The van der Waals surface area contributed by atoms with Gasteiger partial charge in [0.15, 0.2) is 0 Å². The highest BCUT2D eigenvalue weighted by Crippen LogP contribution is 2.21. The molecule has 0 aromatic heterocycles. The number of hydrogen-bond acceptors (Lipinski definition) is 6. The number of nitrogens with one attached hydrogen (secondary N) is 1. The second-order valence-corrected chi connectivity index (χ2v) is 11.1. The fourth-order valence-corrected chi connectivity index (χ4v) is 4.88. The standard InChI is InChI=1S/C20H26FN3O6S2/c1-15(24(31(4,26)27)17-7-5-16(21)6-8-17)20(25)22-13-14-30-18-9-11-19(12-10-18)32(28,29)23(2)3/h5-12,15H,13-14H2,1-4H3,(H,22,25). The van der Waals surface area contributed by atoms with Crippen LogP contribution in [0.1, 0.15) is 6.92 Å². The number of ether oxygens (including phenoxy) is 1. The SMILES string of the molecule is CC(C(=O)NCCOc1ccc(S(=O)(=O)N(C)C)cc1)N(c1ccc(F)cc1)S(C)(=O)=O. The molecule has 1 atom stereocenters. The number of hydrogen-bond donors (Lipinski definition) is 1. The Hall–Kier alpha value is -2.70. The fourth-order valence-electron chi connectivity index (χ4n) is 2.81. The van der Waals surface area contributed by atoms with Crippen molar-refractivity contribution >= 4 is 31.6 Å². The number of halogens is 1. The van der Waals surface area contributed by atoms with Crippen LogP contribution < -0.4 is 14.4 Å². The van der Waals surface area contributed by atoms with E-state index in [-0.39, 0.29) is 23.7 Å². The van der Waals surface area contributed by atoms with Crippen molar-refractivity contribution in [1.29, 1.82) is 0 Å². The number of nitrogens with zero attached hydrogens (tertiary/aromatic N) is 2. The van der Waals surface area contributed by atoms with Crippen molar-refractivity contribution in [2.75, 3.05) is 37.8 Å². The molecule has 0 saturated carbocycles. The molecule has 1 amide bonds. The summed E-state index contributed by atoms with van der Waals surface area (Å²) in [6, 6.07) is 9.54. The molecule has 176 valence electrons. The Balaban J connectivity index is 1.95. The molecule has 0 aliphatic carbocycles. The van der Waals surface area contributed by atoms with E-state index in [4.69, 9.17) is 4.74 Å². The summed E-state index contributed by atoms with van der Waals surface area (Å²) in [5.41, 5.74) is 0.167. The first-order chi connectivity index (χ1) is 14.8. The highest BCUT2D eigenvalue weighted by atomic mass is 32.2. The average Bonchev–Trinajstić information content (AvgIpc) is 2.71. The van der Waals surface area contributed by atoms with Gasteiger partial charge in [-0.1, -0.05) is 0 Å². The largest absolute Gasteiger partial charge is 0.492 e. The fraction of sp³-hybridized carbons (Fsp3) is 0.350. The minimum absolute atomic E-state index is 0.0770. The van der Waals surface area contributed by atoms with Gasteiger partial charge < -0.3 is 10.1 Å². The number of anilines is 1. The smallest absolute Gasteiger partial charge is 0.243 e. The van der Waals surface area contributed by atoms with Gasteiger partial charge in [0.05, 0.1) is 23.4 Å². The van der Waals surface area contributed by atoms with Crippen molar-refractivity contribution in [2.24, 2.45) is 0 Å². The van der Waals surface area contributed by atoms with Crippen molar-refractivity contribution in [3.63, 3.8) is 0 Å². The van der Waals surface area contributed by atoms with Crippen molar-refractivity contribution < 1.29 is 30.8 Å². The molecular formula is C20H26FN3O6S2. The van der Waals surface area contributed by atoms with Crippen LogP contribution in [0.15, 0.2) is 53.4 Å². The van der Waals surface area contributed by atoms with Crippen LogP contribution in [-0.2, 0) is 24.8 Å². The molecule has 9 nitrogen and oxygen atoms in total. The van der Waals surface area contributed by atoms with E-state index in [0.29, 0.717) is 5.75 Å². The molecule has 1 unspecified atom stereocenters.